The second-order valence-electron chi connectivity index (χ2n) is 6.67. The van der Waals surface area contributed by atoms with Crippen LogP contribution in [0.3, 0.4) is 0 Å². The second-order valence-corrected chi connectivity index (χ2v) is 6.67. The van der Waals surface area contributed by atoms with Gasteiger partial charge in [0.1, 0.15) is 6.04 Å². The Kier molecular flexibility index (Phi) is 3.93. The molecule has 0 bridgehead atoms. The van der Waals surface area contributed by atoms with Crippen LogP contribution in [0.15, 0.2) is 22.7 Å². The van der Waals surface area contributed by atoms with Gasteiger partial charge < -0.3 is 20.1 Å². The van der Waals surface area contributed by atoms with E-state index in [4.69, 9.17) is 4.52 Å². The molecule has 1 saturated heterocycles. The van der Waals surface area contributed by atoms with Gasteiger partial charge in [-0.3, -0.25) is 9.69 Å². The number of aromatic nitrogens is 2. The number of anilines is 2. The summed E-state index contributed by atoms with van der Waals surface area (Å²) in [6.45, 7) is 4.60. The lowest BCUT2D eigenvalue weighted by atomic mass is 10.1. The van der Waals surface area contributed by atoms with E-state index in [0.29, 0.717) is 11.7 Å². The molecule has 0 spiro atoms. The molecule has 0 aliphatic carbocycles. The summed E-state index contributed by atoms with van der Waals surface area (Å²) in [6, 6.07) is 5.71. The van der Waals surface area contributed by atoms with E-state index in [1.54, 1.807) is 0 Å². The molecule has 8 nitrogen and oxygen atoms in total. The third kappa shape index (κ3) is 2.77. The Hall–Kier alpha value is -2.45. The first-order valence-corrected chi connectivity index (χ1v) is 8.47. The molecular formula is C17H22N6O2. The van der Waals surface area contributed by atoms with Crippen LogP contribution in [0.1, 0.15) is 18.8 Å². The first-order chi connectivity index (χ1) is 12.0. The van der Waals surface area contributed by atoms with Crippen molar-refractivity contribution >= 4 is 17.3 Å². The number of piperazine rings is 1. The maximum Gasteiger partial charge on any atom is 0.258 e. The number of likely N-dealkylation sites (N-methyl/N-ethyl adjacent to an activating group) is 2. The lowest BCUT2D eigenvalue weighted by molar-refractivity contribution is -0.117. The average Bonchev–Trinajstić information content (AvgIpc) is 3.09. The molecule has 1 fully saturated rings. The Bertz CT molecular complexity index is 804. The third-order valence-corrected chi connectivity index (χ3v) is 5.09. The Balaban J connectivity index is 1.63. The van der Waals surface area contributed by atoms with E-state index in [0.717, 1.165) is 36.6 Å². The molecule has 132 valence electrons. The van der Waals surface area contributed by atoms with Crippen molar-refractivity contribution in [2.45, 2.75) is 19.0 Å². The minimum Gasteiger partial charge on any atom is -0.361 e. The normalized spacial score (nSPS) is 24.1. The molecule has 0 radical (unpaired) electrons. The van der Waals surface area contributed by atoms with Crippen molar-refractivity contribution in [2.75, 3.05) is 43.9 Å². The van der Waals surface area contributed by atoms with E-state index in [2.05, 4.69) is 32.7 Å². The summed E-state index contributed by atoms with van der Waals surface area (Å²) in [5.41, 5.74) is 2.54. The fourth-order valence-corrected chi connectivity index (χ4v) is 3.28. The smallest absolute Gasteiger partial charge is 0.258 e. The van der Waals surface area contributed by atoms with Crippen LogP contribution in [0.5, 0.6) is 0 Å². The largest absolute Gasteiger partial charge is 0.361 e. The summed E-state index contributed by atoms with van der Waals surface area (Å²) in [5, 5.41) is 10.4. The number of nitrogens with one attached hydrogen (secondary N) is 2. The number of hydrogen-bond acceptors (Lipinski definition) is 7. The predicted octanol–water partition coefficient (Wildman–Crippen LogP) is 1.09. The predicted molar refractivity (Wildman–Crippen MR) is 94.5 cm³/mol. The third-order valence-electron chi connectivity index (χ3n) is 5.09. The molecule has 2 aliphatic heterocycles. The van der Waals surface area contributed by atoms with Crippen molar-refractivity contribution in [2.24, 2.45) is 0 Å². The zero-order valence-electron chi connectivity index (χ0n) is 14.6. The van der Waals surface area contributed by atoms with E-state index in [1.807, 2.05) is 37.1 Å². The summed E-state index contributed by atoms with van der Waals surface area (Å²) >= 11 is 0. The highest BCUT2D eigenvalue weighted by Gasteiger charge is 2.28. The van der Waals surface area contributed by atoms with Crippen LogP contribution < -0.4 is 15.5 Å². The van der Waals surface area contributed by atoms with Gasteiger partial charge in [-0.25, -0.2) is 0 Å². The lowest BCUT2D eigenvalue weighted by Crippen LogP contribution is -2.44. The van der Waals surface area contributed by atoms with E-state index in [-0.39, 0.29) is 18.0 Å². The van der Waals surface area contributed by atoms with Gasteiger partial charge in [0.15, 0.2) is 5.82 Å². The average molecular weight is 342 g/mol. The number of carbonyl (C=O) groups excluding carboxylic acids is 1. The minimum absolute atomic E-state index is 0.0201. The van der Waals surface area contributed by atoms with E-state index >= 15 is 0 Å². The summed E-state index contributed by atoms with van der Waals surface area (Å²) in [7, 11) is 3.98. The lowest BCUT2D eigenvalue weighted by Gasteiger charge is -2.33. The molecule has 0 saturated carbocycles. The molecule has 2 atom stereocenters. The number of amides is 1. The first kappa shape index (κ1) is 16.0. The summed E-state index contributed by atoms with van der Waals surface area (Å²) in [6.07, 6.45) is 0. The quantitative estimate of drug-likeness (QED) is 0.845. The molecule has 2 aromatic rings. The first-order valence-electron chi connectivity index (χ1n) is 8.47. The number of carbonyl (C=O) groups is 1. The Labute approximate surface area is 146 Å². The van der Waals surface area contributed by atoms with Crippen molar-refractivity contribution in [3.8, 4) is 11.5 Å². The number of hydrogen-bond donors (Lipinski definition) is 2. The van der Waals surface area contributed by atoms with Crippen molar-refractivity contribution in [3.05, 3.63) is 24.0 Å². The van der Waals surface area contributed by atoms with Gasteiger partial charge in [-0.2, -0.15) is 4.98 Å². The van der Waals surface area contributed by atoms with Gasteiger partial charge >= 0.3 is 0 Å². The molecule has 1 aromatic carbocycles. The molecule has 2 aliphatic rings. The number of nitrogens with zero attached hydrogens (tertiary/aromatic N) is 4. The molecule has 3 heterocycles. The highest BCUT2D eigenvalue weighted by atomic mass is 16.5. The van der Waals surface area contributed by atoms with Crippen LogP contribution >= 0.6 is 0 Å². The van der Waals surface area contributed by atoms with Crippen molar-refractivity contribution in [3.63, 3.8) is 0 Å². The zero-order chi connectivity index (χ0) is 17.6. The highest BCUT2D eigenvalue weighted by Crippen LogP contribution is 2.34. The second kappa shape index (κ2) is 6.12. The summed E-state index contributed by atoms with van der Waals surface area (Å²) in [5.74, 6) is 1.12. The molecular weight excluding hydrogens is 320 g/mol. The Morgan fingerprint density at radius 3 is 2.96 bits per heavy atom. The highest BCUT2D eigenvalue weighted by molar-refractivity contribution is 6.03. The van der Waals surface area contributed by atoms with Crippen molar-refractivity contribution < 1.29 is 9.32 Å². The number of benzene rings is 1. The van der Waals surface area contributed by atoms with Gasteiger partial charge in [0.25, 0.3) is 5.89 Å². The van der Waals surface area contributed by atoms with Gasteiger partial charge in [0, 0.05) is 32.2 Å². The molecule has 2 N–H and O–H groups in total. The molecule has 25 heavy (non-hydrogen) atoms. The molecule has 4 rings (SSSR count). The van der Waals surface area contributed by atoms with Crippen molar-refractivity contribution in [1.29, 1.82) is 0 Å². The molecule has 1 amide bonds. The molecule has 8 heteroatoms. The van der Waals surface area contributed by atoms with Gasteiger partial charge in [0.05, 0.1) is 17.4 Å². The van der Waals surface area contributed by atoms with Crippen LogP contribution in [-0.4, -0.2) is 60.7 Å². The molecule has 1 aromatic heterocycles. The van der Waals surface area contributed by atoms with E-state index in [1.165, 1.54) is 0 Å². The maximum atomic E-state index is 12.0. The maximum absolute atomic E-state index is 12.0. The fourth-order valence-electron chi connectivity index (χ4n) is 3.28. The number of fused-ring (bicyclic) bond motifs is 1. The van der Waals surface area contributed by atoms with Gasteiger partial charge in [-0.05, 0) is 32.2 Å². The van der Waals surface area contributed by atoms with E-state index < -0.39 is 0 Å². The minimum atomic E-state index is -0.192. The van der Waals surface area contributed by atoms with Crippen LogP contribution in [0, 0.1) is 0 Å². The molecule has 2 unspecified atom stereocenters. The van der Waals surface area contributed by atoms with Crippen molar-refractivity contribution in [1.82, 2.24) is 20.4 Å². The van der Waals surface area contributed by atoms with Crippen LogP contribution in [-0.2, 0) is 4.79 Å². The van der Waals surface area contributed by atoms with Gasteiger partial charge in [0.2, 0.25) is 5.91 Å². The fraction of sp³-hybridized carbons (Fsp3) is 0.471. The monoisotopic (exact) mass is 342 g/mol. The topological polar surface area (TPSA) is 86.5 Å². The van der Waals surface area contributed by atoms with Gasteiger partial charge in [-0.1, -0.05) is 5.16 Å². The Morgan fingerprint density at radius 2 is 2.16 bits per heavy atom. The standard InChI is InChI=1S/C17H22N6O2/c1-10-16(24)19-12-8-11(4-5-13(12)23(10)3)17-20-15(21-25-17)14-9-18-6-7-22(14)2/h4-5,8,10,14,18H,6-7,9H2,1-3H3,(H,19,24). The zero-order valence-corrected chi connectivity index (χ0v) is 14.6. The Morgan fingerprint density at radius 1 is 1.32 bits per heavy atom. The van der Waals surface area contributed by atoms with Crippen LogP contribution in [0.4, 0.5) is 11.4 Å². The number of rotatable bonds is 2. The summed E-state index contributed by atoms with van der Waals surface area (Å²) < 4.78 is 5.48. The van der Waals surface area contributed by atoms with Gasteiger partial charge in [-0.15, -0.1) is 0 Å². The van der Waals surface area contributed by atoms with Crippen LogP contribution in [0.2, 0.25) is 0 Å². The SMILES string of the molecule is CC1C(=O)Nc2cc(-c3nc(C4CNCCN4C)no3)ccc2N1C. The van der Waals surface area contributed by atoms with Crippen LogP contribution in [0.25, 0.3) is 11.5 Å². The van der Waals surface area contributed by atoms with E-state index in [9.17, 15) is 4.79 Å². The summed E-state index contributed by atoms with van der Waals surface area (Å²) in [4.78, 5) is 20.8.